The van der Waals surface area contributed by atoms with Crippen LogP contribution in [0.1, 0.15) is 54.4 Å². The molecular weight excluding hydrogens is 531 g/mol. The topological polar surface area (TPSA) is 89.2 Å². The van der Waals surface area contributed by atoms with Crippen molar-refractivity contribution in [2.45, 2.75) is 44.1 Å². The number of nitrogens with zero attached hydrogens (tertiary/aromatic N) is 4. The number of aliphatic hydroxyl groups is 1. The fourth-order valence-corrected chi connectivity index (χ4v) is 6.11. The molecule has 0 spiro atoms. The maximum atomic E-state index is 12.9. The van der Waals surface area contributed by atoms with Gasteiger partial charge in [0.1, 0.15) is 19.0 Å². The molecule has 0 aromatic heterocycles. The number of carbonyl (C=O) groups is 1. The van der Waals surface area contributed by atoms with E-state index in [1.807, 2.05) is 24.3 Å². The molecule has 6 rings (SSSR count). The second-order valence-corrected chi connectivity index (χ2v) is 11.4. The van der Waals surface area contributed by atoms with E-state index in [4.69, 9.17) is 21.7 Å². The number of likely N-dealkylation sites (tertiary alicyclic amines) is 1. The smallest absolute Gasteiger partial charge is 0.162 e. The van der Waals surface area contributed by atoms with Crippen molar-refractivity contribution >= 4 is 23.1 Å². The van der Waals surface area contributed by atoms with Gasteiger partial charge < -0.3 is 19.7 Å². The summed E-state index contributed by atoms with van der Waals surface area (Å²) >= 11 is 5.92. The number of halogens is 2. The Morgan fingerprint density at radius 1 is 1.12 bits per heavy atom. The van der Waals surface area contributed by atoms with Gasteiger partial charge in [-0.05, 0) is 99.6 Å². The second kappa shape index (κ2) is 14.2. The highest BCUT2D eigenvalue weighted by atomic mass is 35.5. The number of rotatable bonds is 8. The molecule has 4 aliphatic heterocycles. The Morgan fingerprint density at radius 3 is 2.33 bits per heavy atom. The number of ketones is 1. The first kappa shape index (κ1) is 30.1. The van der Waals surface area contributed by atoms with Crippen molar-refractivity contribution in [1.82, 2.24) is 9.80 Å². The van der Waals surface area contributed by atoms with Crippen molar-refractivity contribution in [2.75, 3.05) is 46.4 Å². The molecule has 0 saturated carbocycles. The third-order valence-electron chi connectivity index (χ3n) is 8.42. The predicted octanol–water partition coefficient (Wildman–Crippen LogP) is 5.28. The van der Waals surface area contributed by atoms with Crippen molar-refractivity contribution in [3.8, 4) is 6.07 Å². The molecule has 2 bridgehead atoms. The summed E-state index contributed by atoms with van der Waals surface area (Å²) in [5, 5.41) is 24.3. The summed E-state index contributed by atoms with van der Waals surface area (Å²) in [5.41, 5.74) is 1.24. The van der Waals surface area contributed by atoms with Gasteiger partial charge in [0, 0.05) is 42.6 Å². The molecule has 40 heavy (non-hydrogen) atoms. The standard InChI is InChI=1S/C21H23ClFNO2.C10H15N3O/c22-18-7-5-17(6-8-18)21(26)11-14-24(15-12-21)13-1-2-20(25)16-3-9-19(23)10-4-16;1-14-12-10(6-11)9-7-13-4-2-8(9)3-5-13/h3-10,26H,1-2,11-15H2;8-9H,2-5,7H2,1H3/b;12-10+/t;9-/m.0/s1. The van der Waals surface area contributed by atoms with E-state index < -0.39 is 5.60 Å². The molecule has 9 heteroatoms. The van der Waals surface area contributed by atoms with E-state index in [1.165, 1.54) is 57.3 Å². The average Bonchev–Trinajstić information content (AvgIpc) is 2.98. The maximum absolute atomic E-state index is 12.9. The lowest BCUT2D eigenvalue weighted by Gasteiger charge is -2.43. The number of oxime groups is 1. The minimum atomic E-state index is -0.801. The number of carbonyl (C=O) groups excluding carboxylic acids is 1. The highest BCUT2D eigenvalue weighted by Crippen LogP contribution is 2.34. The van der Waals surface area contributed by atoms with E-state index in [1.54, 1.807) is 0 Å². The van der Waals surface area contributed by atoms with Crippen LogP contribution in [0.25, 0.3) is 0 Å². The lowest BCUT2D eigenvalue weighted by Crippen LogP contribution is -2.49. The number of fused-ring (bicyclic) bond motifs is 3. The Morgan fingerprint density at radius 2 is 1.77 bits per heavy atom. The van der Waals surface area contributed by atoms with E-state index in [2.05, 4.69) is 21.0 Å². The molecular formula is C31H38ClFN4O3. The molecule has 7 nitrogen and oxygen atoms in total. The molecule has 214 valence electrons. The normalized spacial score (nSPS) is 24.0. The summed E-state index contributed by atoms with van der Waals surface area (Å²) in [4.78, 5) is 21.5. The van der Waals surface area contributed by atoms with Crippen molar-refractivity contribution in [1.29, 1.82) is 5.26 Å². The summed E-state index contributed by atoms with van der Waals surface area (Å²) in [6.07, 6.45) is 4.95. The summed E-state index contributed by atoms with van der Waals surface area (Å²) in [7, 11) is 1.50. The number of nitriles is 1. The van der Waals surface area contributed by atoms with Crippen molar-refractivity contribution in [3.05, 3.63) is 70.5 Å². The Balaban J connectivity index is 0.000000222. The first-order valence-electron chi connectivity index (χ1n) is 14.0. The van der Waals surface area contributed by atoms with E-state index in [0.717, 1.165) is 38.2 Å². The van der Waals surface area contributed by atoms with Crippen molar-refractivity contribution < 1.29 is 19.1 Å². The minimum absolute atomic E-state index is 0.0414. The van der Waals surface area contributed by atoms with Gasteiger partial charge in [0.2, 0.25) is 0 Å². The van der Waals surface area contributed by atoms with Crippen molar-refractivity contribution in [2.24, 2.45) is 17.0 Å². The number of Topliss-reactive ketones (excluding diaryl/α,β-unsaturated/α-hetero) is 1. The Labute approximate surface area is 241 Å². The molecule has 1 N–H and O–H groups in total. The van der Waals surface area contributed by atoms with Crippen LogP contribution in [0.3, 0.4) is 0 Å². The van der Waals surface area contributed by atoms with E-state index in [-0.39, 0.29) is 11.6 Å². The first-order valence-corrected chi connectivity index (χ1v) is 14.4. The predicted molar refractivity (Wildman–Crippen MR) is 154 cm³/mol. The summed E-state index contributed by atoms with van der Waals surface area (Å²) in [6, 6.07) is 15.2. The molecule has 0 radical (unpaired) electrons. The number of hydrogen-bond donors (Lipinski definition) is 1. The van der Waals surface area contributed by atoms with Gasteiger partial charge in [-0.3, -0.25) is 4.79 Å². The molecule has 2 aromatic carbocycles. The van der Waals surface area contributed by atoms with E-state index in [0.29, 0.717) is 47.4 Å². The van der Waals surface area contributed by atoms with Gasteiger partial charge in [0.15, 0.2) is 11.5 Å². The molecule has 4 saturated heterocycles. The third-order valence-corrected chi connectivity index (χ3v) is 8.67. The van der Waals surface area contributed by atoms with Crippen LogP contribution in [0, 0.1) is 29.0 Å². The highest BCUT2D eigenvalue weighted by Gasteiger charge is 2.37. The highest BCUT2D eigenvalue weighted by molar-refractivity contribution is 6.30. The zero-order valence-corrected chi connectivity index (χ0v) is 23.8. The summed E-state index contributed by atoms with van der Waals surface area (Å²) in [6.45, 7) is 5.78. The van der Waals surface area contributed by atoms with Crippen molar-refractivity contribution in [3.63, 3.8) is 0 Å². The molecule has 2 aromatic rings. The molecule has 0 amide bonds. The number of hydrogen-bond acceptors (Lipinski definition) is 7. The van der Waals surface area contributed by atoms with Gasteiger partial charge >= 0.3 is 0 Å². The zero-order chi connectivity index (χ0) is 28.5. The molecule has 4 fully saturated rings. The maximum Gasteiger partial charge on any atom is 0.162 e. The monoisotopic (exact) mass is 568 g/mol. The van der Waals surface area contributed by atoms with Gasteiger partial charge in [-0.25, -0.2) is 4.39 Å². The zero-order valence-electron chi connectivity index (χ0n) is 23.1. The molecule has 0 unspecified atom stereocenters. The van der Waals surface area contributed by atoms with Crippen LogP contribution in [0.15, 0.2) is 53.7 Å². The number of piperidine rings is 4. The molecule has 4 aliphatic rings. The SMILES string of the molecule is CO/N=C(\C#N)[C@H]1CN2CCC1CC2.O=C(CCCN1CCC(O)(c2ccc(Cl)cc2)CC1)c1ccc(F)cc1. The Bertz CT molecular complexity index is 1180. The van der Waals surface area contributed by atoms with Crippen LogP contribution in [-0.4, -0.2) is 72.8 Å². The van der Waals surface area contributed by atoms with Gasteiger partial charge in [-0.1, -0.05) is 28.9 Å². The number of benzene rings is 2. The minimum Gasteiger partial charge on any atom is -0.398 e. The van der Waals surface area contributed by atoms with Gasteiger partial charge in [-0.2, -0.15) is 5.26 Å². The van der Waals surface area contributed by atoms with Crippen LogP contribution in [0.2, 0.25) is 5.02 Å². The van der Waals surface area contributed by atoms with Crippen LogP contribution in [0.5, 0.6) is 0 Å². The quantitative estimate of drug-likeness (QED) is 0.265. The molecule has 0 aliphatic carbocycles. The Kier molecular flexibility index (Phi) is 10.7. The van der Waals surface area contributed by atoms with Gasteiger partial charge in [0.25, 0.3) is 0 Å². The third kappa shape index (κ3) is 7.88. The lowest BCUT2D eigenvalue weighted by molar-refractivity contribution is -0.0260. The Hall–Kier alpha value is -2.83. The molecule has 1 atom stereocenters. The van der Waals surface area contributed by atoms with Gasteiger partial charge in [-0.15, -0.1) is 0 Å². The fourth-order valence-electron chi connectivity index (χ4n) is 5.98. The van der Waals surface area contributed by atoms with Crippen LogP contribution >= 0.6 is 11.6 Å². The average molecular weight is 569 g/mol. The van der Waals surface area contributed by atoms with Gasteiger partial charge in [0.05, 0.1) is 5.60 Å². The van der Waals surface area contributed by atoms with E-state index in [9.17, 15) is 14.3 Å². The lowest BCUT2D eigenvalue weighted by atomic mass is 9.77. The summed E-state index contributed by atoms with van der Waals surface area (Å²) < 4.78 is 12.9. The van der Waals surface area contributed by atoms with Crippen LogP contribution < -0.4 is 0 Å². The van der Waals surface area contributed by atoms with E-state index >= 15 is 0 Å². The largest absolute Gasteiger partial charge is 0.398 e. The summed E-state index contributed by atoms with van der Waals surface area (Å²) in [5.74, 6) is 0.665. The van der Waals surface area contributed by atoms with Crippen LogP contribution in [0.4, 0.5) is 4.39 Å². The molecule has 4 heterocycles. The fraction of sp³-hybridized carbons (Fsp3) is 0.516. The second-order valence-electron chi connectivity index (χ2n) is 10.9. The first-order chi connectivity index (χ1) is 19.3. The van der Waals surface area contributed by atoms with Crippen LogP contribution in [-0.2, 0) is 10.4 Å².